The minimum atomic E-state index is -0.0180. The number of hydrogen-bond acceptors (Lipinski definition) is 2. The van der Waals surface area contributed by atoms with Crippen molar-refractivity contribution in [3.63, 3.8) is 0 Å². The van der Waals surface area contributed by atoms with Crippen LogP contribution in [0, 0.1) is 11.8 Å². The van der Waals surface area contributed by atoms with Crippen LogP contribution in [0.15, 0.2) is 11.1 Å². The fourth-order valence-electron chi connectivity index (χ4n) is 2.61. The molecule has 0 radical (unpaired) electrons. The van der Waals surface area contributed by atoms with E-state index < -0.39 is 0 Å². The molecule has 0 spiro atoms. The molecule has 1 heterocycles. The van der Waals surface area contributed by atoms with E-state index in [1.165, 1.54) is 11.1 Å². The Hall–Kier alpha value is -0.830. The smallest absolute Gasteiger partial charge is 0.224 e. The number of allylic oxidation sites excluding steroid dienone is 2. The molecule has 1 amide bonds. The maximum Gasteiger partial charge on any atom is 0.224 e. The lowest BCUT2D eigenvalue weighted by atomic mass is 9.76. The predicted molar refractivity (Wildman–Crippen MR) is 53.6 cm³/mol. The molecule has 78 valence electrons. The van der Waals surface area contributed by atoms with E-state index in [-0.39, 0.29) is 24.5 Å². The Balaban J connectivity index is 2.23. The van der Waals surface area contributed by atoms with Gasteiger partial charge < -0.3 is 10.4 Å². The lowest BCUT2D eigenvalue weighted by Gasteiger charge is -2.27. The first kappa shape index (κ1) is 9.71. The number of aliphatic hydroxyl groups is 1. The van der Waals surface area contributed by atoms with E-state index in [9.17, 15) is 4.79 Å². The molecule has 3 atom stereocenters. The van der Waals surface area contributed by atoms with Gasteiger partial charge in [-0.25, -0.2) is 0 Å². The molecular formula is C11H17NO2. The van der Waals surface area contributed by atoms with Crippen molar-refractivity contribution in [1.82, 2.24) is 5.32 Å². The SMILES string of the molecule is CC1=C(C)C[C@H]2C(=O)N[C@H](CO)[C@H]2C1. The molecule has 1 saturated heterocycles. The van der Waals surface area contributed by atoms with E-state index in [1.54, 1.807) is 0 Å². The van der Waals surface area contributed by atoms with Crippen LogP contribution in [0.1, 0.15) is 26.7 Å². The average molecular weight is 195 g/mol. The Kier molecular flexibility index (Phi) is 2.35. The first-order chi connectivity index (χ1) is 6.63. The molecule has 0 aromatic heterocycles. The summed E-state index contributed by atoms with van der Waals surface area (Å²) in [5.74, 6) is 0.549. The van der Waals surface area contributed by atoms with Crippen molar-refractivity contribution < 1.29 is 9.90 Å². The van der Waals surface area contributed by atoms with Crippen LogP contribution in [0.4, 0.5) is 0 Å². The van der Waals surface area contributed by atoms with E-state index in [0.29, 0.717) is 5.92 Å². The number of carbonyl (C=O) groups excluding carboxylic acids is 1. The fraction of sp³-hybridized carbons (Fsp3) is 0.727. The highest BCUT2D eigenvalue weighted by Gasteiger charge is 2.43. The minimum absolute atomic E-state index is 0.0180. The molecular weight excluding hydrogens is 178 g/mol. The van der Waals surface area contributed by atoms with Gasteiger partial charge in [-0.1, -0.05) is 11.1 Å². The summed E-state index contributed by atoms with van der Waals surface area (Å²) in [5.41, 5.74) is 2.74. The van der Waals surface area contributed by atoms with Crippen molar-refractivity contribution >= 4 is 5.91 Å². The van der Waals surface area contributed by atoms with Crippen molar-refractivity contribution in [2.45, 2.75) is 32.7 Å². The van der Waals surface area contributed by atoms with Gasteiger partial charge in [0.15, 0.2) is 0 Å². The molecule has 2 aliphatic rings. The van der Waals surface area contributed by atoms with Gasteiger partial charge in [0.05, 0.1) is 12.6 Å². The molecule has 0 saturated carbocycles. The third-order valence-electron chi connectivity index (χ3n) is 3.69. The number of rotatable bonds is 1. The molecule has 0 bridgehead atoms. The molecule has 0 unspecified atom stereocenters. The first-order valence-electron chi connectivity index (χ1n) is 5.20. The van der Waals surface area contributed by atoms with Gasteiger partial charge in [0.1, 0.15) is 0 Å². The van der Waals surface area contributed by atoms with Gasteiger partial charge in [0.2, 0.25) is 5.91 Å². The maximum atomic E-state index is 11.6. The molecule has 0 aromatic carbocycles. The summed E-state index contributed by atoms with van der Waals surface area (Å²) in [6, 6.07) is -0.0180. The van der Waals surface area contributed by atoms with Gasteiger partial charge in [-0.15, -0.1) is 0 Å². The lowest BCUT2D eigenvalue weighted by molar-refractivity contribution is -0.123. The molecule has 2 N–H and O–H groups in total. The van der Waals surface area contributed by atoms with Crippen LogP contribution in [0.25, 0.3) is 0 Å². The summed E-state index contributed by atoms with van der Waals surface area (Å²) in [4.78, 5) is 11.6. The number of nitrogens with one attached hydrogen (secondary N) is 1. The standard InChI is InChI=1S/C11H17NO2/c1-6-3-8-9(4-7(6)2)11(14)12-10(8)5-13/h8-10,13H,3-5H2,1-2H3,(H,12,14)/t8-,9+,10+/m0/s1. The zero-order chi connectivity index (χ0) is 10.3. The largest absolute Gasteiger partial charge is 0.394 e. The summed E-state index contributed by atoms with van der Waals surface area (Å²) in [5, 5.41) is 12.0. The molecule has 14 heavy (non-hydrogen) atoms. The Bertz CT molecular complexity index is 296. The maximum absolute atomic E-state index is 11.6. The third kappa shape index (κ3) is 1.36. The summed E-state index contributed by atoms with van der Waals surface area (Å²) in [6.45, 7) is 4.30. The van der Waals surface area contributed by atoms with Gasteiger partial charge in [0.25, 0.3) is 0 Å². The topological polar surface area (TPSA) is 49.3 Å². The van der Waals surface area contributed by atoms with Gasteiger partial charge in [-0.2, -0.15) is 0 Å². The summed E-state index contributed by atoms with van der Waals surface area (Å²) in [6.07, 6.45) is 1.83. The van der Waals surface area contributed by atoms with Crippen LogP contribution in [-0.2, 0) is 4.79 Å². The Morgan fingerprint density at radius 3 is 2.64 bits per heavy atom. The molecule has 1 fully saturated rings. The van der Waals surface area contributed by atoms with Crippen LogP contribution >= 0.6 is 0 Å². The highest BCUT2D eigenvalue weighted by molar-refractivity contribution is 5.82. The molecule has 2 rings (SSSR count). The van der Waals surface area contributed by atoms with Crippen LogP contribution in [0.3, 0.4) is 0 Å². The number of amides is 1. The summed E-state index contributed by atoms with van der Waals surface area (Å²) < 4.78 is 0. The first-order valence-corrected chi connectivity index (χ1v) is 5.20. The van der Waals surface area contributed by atoms with Crippen LogP contribution in [0.2, 0.25) is 0 Å². The van der Waals surface area contributed by atoms with Gasteiger partial charge in [-0.05, 0) is 32.6 Å². The third-order valence-corrected chi connectivity index (χ3v) is 3.69. The summed E-state index contributed by atoms with van der Waals surface area (Å²) >= 11 is 0. The van der Waals surface area contributed by atoms with Crippen molar-refractivity contribution in [3.8, 4) is 0 Å². The number of carbonyl (C=O) groups is 1. The van der Waals surface area contributed by atoms with E-state index in [1.807, 2.05) is 0 Å². The zero-order valence-corrected chi connectivity index (χ0v) is 8.71. The van der Waals surface area contributed by atoms with Gasteiger partial charge >= 0.3 is 0 Å². The van der Waals surface area contributed by atoms with Crippen molar-refractivity contribution in [2.24, 2.45) is 11.8 Å². The number of aliphatic hydroxyl groups excluding tert-OH is 1. The average Bonchev–Trinajstić information content (AvgIpc) is 2.45. The highest BCUT2D eigenvalue weighted by Crippen LogP contribution is 2.39. The summed E-state index contributed by atoms with van der Waals surface area (Å²) in [7, 11) is 0. The van der Waals surface area contributed by atoms with Crippen LogP contribution in [-0.4, -0.2) is 23.7 Å². The Morgan fingerprint density at radius 2 is 2.00 bits per heavy atom. The Labute approximate surface area is 84.2 Å². The van der Waals surface area contributed by atoms with Crippen LogP contribution < -0.4 is 5.32 Å². The molecule has 1 aliphatic carbocycles. The lowest BCUT2D eigenvalue weighted by Crippen LogP contribution is -2.32. The molecule has 0 aromatic rings. The second-order valence-electron chi connectivity index (χ2n) is 4.54. The van der Waals surface area contributed by atoms with E-state index >= 15 is 0 Å². The van der Waals surface area contributed by atoms with Gasteiger partial charge in [-0.3, -0.25) is 4.79 Å². The minimum Gasteiger partial charge on any atom is -0.394 e. The van der Waals surface area contributed by atoms with Gasteiger partial charge in [0, 0.05) is 5.92 Å². The molecule has 3 nitrogen and oxygen atoms in total. The van der Waals surface area contributed by atoms with Crippen molar-refractivity contribution in [2.75, 3.05) is 6.61 Å². The van der Waals surface area contributed by atoms with E-state index in [4.69, 9.17) is 5.11 Å². The fourth-order valence-corrected chi connectivity index (χ4v) is 2.61. The normalized spacial score (nSPS) is 37.1. The monoisotopic (exact) mass is 195 g/mol. The molecule has 3 heteroatoms. The van der Waals surface area contributed by atoms with E-state index in [0.717, 1.165) is 12.8 Å². The highest BCUT2D eigenvalue weighted by atomic mass is 16.3. The second-order valence-corrected chi connectivity index (χ2v) is 4.54. The Morgan fingerprint density at radius 1 is 1.36 bits per heavy atom. The molecule has 1 aliphatic heterocycles. The predicted octanol–water partition coefficient (Wildman–Crippen LogP) is 0.840. The van der Waals surface area contributed by atoms with Crippen molar-refractivity contribution in [3.05, 3.63) is 11.1 Å². The quantitative estimate of drug-likeness (QED) is 0.609. The second kappa shape index (κ2) is 3.39. The van der Waals surface area contributed by atoms with E-state index in [2.05, 4.69) is 19.2 Å². The van der Waals surface area contributed by atoms with Crippen molar-refractivity contribution in [1.29, 1.82) is 0 Å². The zero-order valence-electron chi connectivity index (χ0n) is 8.71. The number of fused-ring (bicyclic) bond motifs is 1. The number of hydrogen-bond donors (Lipinski definition) is 2. The van der Waals surface area contributed by atoms with Crippen LogP contribution in [0.5, 0.6) is 0 Å².